The first kappa shape index (κ1) is 13.5. The summed E-state index contributed by atoms with van der Waals surface area (Å²) in [5, 5.41) is 0. The molecule has 0 aliphatic heterocycles. The van der Waals surface area contributed by atoms with Crippen LogP contribution >= 0.6 is 0 Å². The Morgan fingerprint density at radius 3 is 2.74 bits per heavy atom. The number of aromatic nitrogens is 2. The van der Waals surface area contributed by atoms with Crippen LogP contribution in [-0.2, 0) is 9.47 Å². The van der Waals surface area contributed by atoms with E-state index in [4.69, 9.17) is 4.74 Å². The Hall–Kier alpha value is -1.92. The van der Waals surface area contributed by atoms with Crippen molar-refractivity contribution in [3.63, 3.8) is 0 Å². The van der Waals surface area contributed by atoms with E-state index in [1.54, 1.807) is 11.9 Å². The van der Waals surface area contributed by atoms with Crippen molar-refractivity contribution in [1.29, 1.82) is 0 Å². The van der Waals surface area contributed by atoms with Crippen LogP contribution < -0.4 is 5.56 Å². The van der Waals surface area contributed by atoms with Crippen LogP contribution in [0.15, 0.2) is 15.8 Å². The molecule has 0 aliphatic carbocycles. The van der Waals surface area contributed by atoms with Crippen LogP contribution in [0.2, 0.25) is 0 Å². The summed E-state index contributed by atoms with van der Waals surface area (Å²) in [6.45, 7) is 1.91. The van der Waals surface area contributed by atoms with Crippen molar-refractivity contribution in [1.82, 2.24) is 9.38 Å². The zero-order valence-corrected chi connectivity index (χ0v) is 11.9. The molecule has 2 aromatic rings. The summed E-state index contributed by atoms with van der Waals surface area (Å²) < 4.78 is 11.2. The van der Waals surface area contributed by atoms with Gasteiger partial charge in [0.15, 0.2) is 0 Å². The summed E-state index contributed by atoms with van der Waals surface area (Å²) in [6.07, 6.45) is 0. The molecule has 0 unspecified atom stereocenters. The van der Waals surface area contributed by atoms with Crippen molar-refractivity contribution in [2.75, 3.05) is 13.7 Å². The molecule has 0 saturated carbocycles. The SMILES string of the molecule is CCOC(=O)c1c[se]c2nc(=O)cc(C(=O)OC)n12. The summed E-state index contributed by atoms with van der Waals surface area (Å²) in [4.78, 5) is 40.3. The van der Waals surface area contributed by atoms with E-state index >= 15 is 0 Å². The Morgan fingerprint density at radius 2 is 2.11 bits per heavy atom. The number of esters is 2. The third-order valence-corrected chi connectivity index (χ3v) is 4.03. The molecule has 7 nitrogen and oxygen atoms in total. The molecule has 0 aromatic carbocycles. The summed E-state index contributed by atoms with van der Waals surface area (Å²) in [5.74, 6) is -1.26. The van der Waals surface area contributed by atoms with Crippen LogP contribution in [0.25, 0.3) is 4.52 Å². The molecule has 2 heterocycles. The number of methoxy groups -OCH3 is 1. The van der Waals surface area contributed by atoms with Crippen molar-refractivity contribution in [3.05, 3.63) is 32.7 Å². The van der Waals surface area contributed by atoms with Gasteiger partial charge in [0.05, 0.1) is 0 Å². The number of hydrogen-bond donors (Lipinski definition) is 0. The molecule has 0 aliphatic rings. The Morgan fingerprint density at radius 1 is 1.37 bits per heavy atom. The van der Waals surface area contributed by atoms with E-state index in [-0.39, 0.29) is 32.5 Å². The fourth-order valence-corrected chi connectivity index (χ4v) is 3.34. The number of carbonyl (C=O) groups is 2. The molecule has 8 heteroatoms. The standard InChI is InChI=1S/C11H10N2O5Se/c1-3-18-10(16)7-5-19-11-12-8(14)4-6(13(7)11)9(15)17-2/h4-5H,3H2,1-2H3. The zero-order chi connectivity index (χ0) is 14.0. The zero-order valence-electron chi connectivity index (χ0n) is 10.2. The molecule has 100 valence electrons. The molecule has 0 N–H and O–H groups in total. The van der Waals surface area contributed by atoms with Crippen LogP contribution in [0.5, 0.6) is 0 Å². The van der Waals surface area contributed by atoms with E-state index in [1.165, 1.54) is 11.5 Å². The molecule has 0 atom stereocenters. The molecular weight excluding hydrogens is 319 g/mol. The fraction of sp³-hybridized carbons (Fsp3) is 0.273. The first-order chi connectivity index (χ1) is 9.08. The van der Waals surface area contributed by atoms with Crippen molar-refractivity contribution in [3.8, 4) is 0 Å². The molecule has 0 saturated heterocycles. The number of ether oxygens (including phenoxy) is 2. The maximum atomic E-state index is 11.8. The van der Waals surface area contributed by atoms with Gasteiger partial charge in [-0.15, -0.1) is 0 Å². The molecule has 2 rings (SSSR count). The van der Waals surface area contributed by atoms with Gasteiger partial charge >= 0.3 is 113 Å². The van der Waals surface area contributed by atoms with E-state index in [2.05, 4.69) is 9.72 Å². The number of rotatable bonds is 3. The van der Waals surface area contributed by atoms with E-state index < -0.39 is 17.5 Å². The van der Waals surface area contributed by atoms with Crippen LogP contribution in [0, 0.1) is 0 Å². The molecule has 19 heavy (non-hydrogen) atoms. The quantitative estimate of drug-likeness (QED) is 0.568. The van der Waals surface area contributed by atoms with Crippen molar-refractivity contribution in [2.45, 2.75) is 6.92 Å². The Labute approximate surface area is 113 Å². The van der Waals surface area contributed by atoms with Gasteiger partial charge in [0.1, 0.15) is 0 Å². The molecule has 0 spiro atoms. The van der Waals surface area contributed by atoms with E-state index in [9.17, 15) is 14.4 Å². The average Bonchev–Trinajstić information content (AvgIpc) is 2.80. The summed E-state index contributed by atoms with van der Waals surface area (Å²) in [6, 6.07) is 1.05. The van der Waals surface area contributed by atoms with Crippen molar-refractivity contribution >= 4 is 31.0 Å². The first-order valence-electron chi connectivity index (χ1n) is 5.35. The Balaban J connectivity index is 2.72. The summed E-state index contributed by atoms with van der Waals surface area (Å²) >= 11 is -0.300. The molecule has 0 bridgehead atoms. The van der Waals surface area contributed by atoms with Gasteiger partial charge in [0.25, 0.3) is 0 Å². The predicted octanol–water partition coefficient (Wildman–Crippen LogP) is -0.285. The topological polar surface area (TPSA) is 87.0 Å². The fourth-order valence-electron chi connectivity index (χ4n) is 1.53. The van der Waals surface area contributed by atoms with E-state index in [0.717, 1.165) is 6.07 Å². The minimum atomic E-state index is -0.700. The second-order valence-corrected chi connectivity index (χ2v) is 5.19. The normalized spacial score (nSPS) is 10.4. The van der Waals surface area contributed by atoms with Crippen LogP contribution in [0.4, 0.5) is 0 Å². The van der Waals surface area contributed by atoms with Gasteiger partial charge in [-0.25, -0.2) is 0 Å². The van der Waals surface area contributed by atoms with E-state index in [0.29, 0.717) is 4.52 Å². The molecule has 2 aromatic heterocycles. The third-order valence-electron chi connectivity index (χ3n) is 2.29. The number of hydrogen-bond acceptors (Lipinski definition) is 6. The molecule has 0 amide bonds. The van der Waals surface area contributed by atoms with Gasteiger partial charge in [-0.2, -0.15) is 0 Å². The van der Waals surface area contributed by atoms with Crippen molar-refractivity contribution in [2.24, 2.45) is 0 Å². The average molecular weight is 329 g/mol. The second kappa shape index (κ2) is 5.38. The minimum absolute atomic E-state index is 0.0174. The number of nitrogens with zero attached hydrogens (tertiary/aromatic N) is 2. The van der Waals surface area contributed by atoms with Crippen LogP contribution in [0.3, 0.4) is 0 Å². The number of carbonyl (C=O) groups excluding carboxylic acids is 2. The van der Waals surface area contributed by atoms with Gasteiger partial charge in [-0.05, 0) is 0 Å². The third kappa shape index (κ3) is 2.45. The predicted molar refractivity (Wildman–Crippen MR) is 65.7 cm³/mol. The number of fused-ring (bicyclic) bond motifs is 1. The second-order valence-electron chi connectivity index (χ2n) is 3.43. The summed E-state index contributed by atoms with van der Waals surface area (Å²) in [7, 11) is 1.20. The van der Waals surface area contributed by atoms with Crippen LogP contribution in [0.1, 0.15) is 27.9 Å². The molecule has 0 radical (unpaired) electrons. The molecular formula is C11H10N2O5Se. The first-order valence-corrected chi connectivity index (χ1v) is 7.19. The van der Waals surface area contributed by atoms with Gasteiger partial charge in [0, 0.05) is 0 Å². The summed E-state index contributed by atoms with van der Waals surface area (Å²) in [5.41, 5.74) is -0.354. The van der Waals surface area contributed by atoms with Gasteiger partial charge in [-0.1, -0.05) is 0 Å². The van der Waals surface area contributed by atoms with Gasteiger partial charge in [0.2, 0.25) is 0 Å². The van der Waals surface area contributed by atoms with Crippen molar-refractivity contribution < 1.29 is 19.1 Å². The van der Waals surface area contributed by atoms with Gasteiger partial charge in [-0.3, -0.25) is 0 Å². The maximum absolute atomic E-state index is 11.8. The monoisotopic (exact) mass is 330 g/mol. The Bertz CT molecular complexity index is 703. The van der Waals surface area contributed by atoms with Crippen LogP contribution in [-0.4, -0.2) is 49.5 Å². The van der Waals surface area contributed by atoms with E-state index in [1.807, 2.05) is 0 Å². The molecule has 0 fully saturated rings. The Kier molecular flexibility index (Phi) is 3.82. The van der Waals surface area contributed by atoms with Gasteiger partial charge < -0.3 is 0 Å².